The van der Waals surface area contributed by atoms with Gasteiger partial charge in [-0.3, -0.25) is 10.1 Å². The van der Waals surface area contributed by atoms with Crippen LogP contribution in [-0.2, 0) is 6.54 Å². The van der Waals surface area contributed by atoms with Crippen molar-refractivity contribution in [1.29, 1.82) is 0 Å². The van der Waals surface area contributed by atoms with Gasteiger partial charge in [0.25, 0.3) is 0 Å². The fourth-order valence-corrected chi connectivity index (χ4v) is 1.55. The van der Waals surface area contributed by atoms with Gasteiger partial charge in [-0.15, -0.1) is 0 Å². The Morgan fingerprint density at radius 3 is 3.00 bits per heavy atom. The third-order valence-corrected chi connectivity index (χ3v) is 2.08. The summed E-state index contributed by atoms with van der Waals surface area (Å²) in [6, 6.07) is 3.08. The third-order valence-electron chi connectivity index (χ3n) is 1.80. The van der Waals surface area contributed by atoms with Crippen molar-refractivity contribution in [2.24, 2.45) is 0 Å². The van der Waals surface area contributed by atoms with Crippen LogP contribution < -0.4 is 9.47 Å². The maximum atomic E-state index is 10.3. The van der Waals surface area contributed by atoms with E-state index >= 15 is 0 Å². The third kappa shape index (κ3) is 1.58. The summed E-state index contributed by atoms with van der Waals surface area (Å²) in [4.78, 5) is 9.85. The number of hydrogen-bond acceptors (Lipinski definition) is 4. The zero-order chi connectivity index (χ0) is 10.1. The molecule has 2 rings (SSSR count). The molecule has 6 heteroatoms. The molecule has 0 saturated carbocycles. The molecule has 1 aromatic carbocycles. The highest BCUT2D eigenvalue weighted by atomic mass is 35.5. The van der Waals surface area contributed by atoms with Gasteiger partial charge in [0.05, 0.1) is 5.02 Å². The van der Waals surface area contributed by atoms with Gasteiger partial charge in [-0.1, -0.05) is 11.6 Å². The predicted molar refractivity (Wildman–Crippen MR) is 48.3 cm³/mol. The number of ether oxygens (including phenoxy) is 2. The molecule has 0 aliphatic carbocycles. The second-order valence-corrected chi connectivity index (χ2v) is 3.21. The van der Waals surface area contributed by atoms with Crippen molar-refractivity contribution in [2.75, 3.05) is 6.79 Å². The number of hydrogen-bond donors (Lipinski definition) is 0. The Hall–Kier alpha value is -1.49. The van der Waals surface area contributed by atoms with Crippen LogP contribution in [0.25, 0.3) is 0 Å². The molecule has 74 valence electrons. The molecule has 1 heterocycles. The quantitative estimate of drug-likeness (QED) is 0.558. The van der Waals surface area contributed by atoms with Crippen LogP contribution in [-0.4, -0.2) is 11.7 Å². The van der Waals surface area contributed by atoms with Gasteiger partial charge in [-0.05, 0) is 12.1 Å². The van der Waals surface area contributed by atoms with Crippen LogP contribution in [0.5, 0.6) is 11.5 Å². The van der Waals surface area contributed by atoms with Crippen LogP contribution in [0, 0.1) is 10.1 Å². The normalized spacial score (nSPS) is 12.9. The first kappa shape index (κ1) is 9.08. The molecule has 0 aromatic heterocycles. The van der Waals surface area contributed by atoms with E-state index in [-0.39, 0.29) is 13.3 Å². The van der Waals surface area contributed by atoms with Crippen molar-refractivity contribution < 1.29 is 14.4 Å². The molecule has 0 radical (unpaired) electrons. The van der Waals surface area contributed by atoms with Crippen molar-refractivity contribution >= 4 is 11.6 Å². The topological polar surface area (TPSA) is 61.6 Å². The first-order valence-electron chi connectivity index (χ1n) is 3.86. The van der Waals surface area contributed by atoms with E-state index in [0.717, 1.165) is 0 Å². The number of nitrogens with zero attached hydrogens (tertiary/aromatic N) is 1. The maximum absolute atomic E-state index is 10.3. The van der Waals surface area contributed by atoms with Gasteiger partial charge < -0.3 is 9.47 Å². The molecular weight excluding hydrogens is 210 g/mol. The summed E-state index contributed by atoms with van der Waals surface area (Å²) < 4.78 is 10.1. The van der Waals surface area contributed by atoms with Crippen LogP contribution in [0.15, 0.2) is 12.1 Å². The maximum Gasteiger partial charge on any atom is 0.231 e. The van der Waals surface area contributed by atoms with Gasteiger partial charge in [0.15, 0.2) is 11.5 Å². The summed E-state index contributed by atoms with van der Waals surface area (Å²) in [6.07, 6.45) is 0. The monoisotopic (exact) mass is 215 g/mol. The second kappa shape index (κ2) is 3.34. The summed E-state index contributed by atoms with van der Waals surface area (Å²) in [7, 11) is 0. The van der Waals surface area contributed by atoms with Gasteiger partial charge >= 0.3 is 0 Å². The SMILES string of the molecule is O=[N+]([O-])Cc1cc(Cl)c2c(c1)OCO2. The van der Waals surface area contributed by atoms with Crippen molar-refractivity contribution in [1.82, 2.24) is 0 Å². The number of benzene rings is 1. The van der Waals surface area contributed by atoms with Gasteiger partial charge in [0, 0.05) is 10.5 Å². The first-order valence-corrected chi connectivity index (χ1v) is 4.24. The Morgan fingerprint density at radius 2 is 2.29 bits per heavy atom. The molecule has 0 amide bonds. The minimum atomic E-state index is -0.423. The molecule has 0 atom stereocenters. The molecule has 0 saturated heterocycles. The molecule has 0 spiro atoms. The van der Waals surface area contributed by atoms with Gasteiger partial charge in [0.1, 0.15) is 0 Å². The average Bonchev–Trinajstić information content (AvgIpc) is 2.50. The van der Waals surface area contributed by atoms with Crippen molar-refractivity contribution in [3.05, 3.63) is 32.8 Å². The highest BCUT2D eigenvalue weighted by Gasteiger charge is 2.19. The Balaban J connectivity index is 2.36. The summed E-state index contributed by atoms with van der Waals surface area (Å²) >= 11 is 5.83. The molecule has 0 unspecified atom stereocenters. The Labute approximate surface area is 84.3 Å². The van der Waals surface area contributed by atoms with Gasteiger partial charge in [0.2, 0.25) is 13.3 Å². The highest BCUT2D eigenvalue weighted by molar-refractivity contribution is 6.32. The summed E-state index contributed by atoms with van der Waals surface area (Å²) in [5, 5.41) is 10.6. The molecule has 1 aromatic rings. The lowest BCUT2D eigenvalue weighted by molar-refractivity contribution is -0.496. The molecule has 0 N–H and O–H groups in total. The van der Waals surface area contributed by atoms with Crippen LogP contribution in [0.2, 0.25) is 5.02 Å². The van der Waals surface area contributed by atoms with Crippen molar-refractivity contribution in [2.45, 2.75) is 6.54 Å². The zero-order valence-electron chi connectivity index (χ0n) is 7.03. The molecule has 0 bridgehead atoms. The average molecular weight is 216 g/mol. The number of nitro groups is 1. The molecular formula is C8H6ClNO4. The minimum Gasteiger partial charge on any atom is -0.454 e. The molecule has 0 fully saturated rings. The van der Waals surface area contributed by atoms with E-state index in [4.69, 9.17) is 21.1 Å². The van der Waals surface area contributed by atoms with Crippen LogP contribution in [0.3, 0.4) is 0 Å². The number of fused-ring (bicyclic) bond motifs is 1. The summed E-state index contributed by atoms with van der Waals surface area (Å²) in [6.45, 7) is -0.159. The molecule has 1 aliphatic heterocycles. The summed E-state index contributed by atoms with van der Waals surface area (Å²) in [5.74, 6) is 0.924. The van der Waals surface area contributed by atoms with E-state index in [1.165, 1.54) is 6.07 Å². The van der Waals surface area contributed by atoms with E-state index in [1.807, 2.05) is 0 Å². The smallest absolute Gasteiger partial charge is 0.231 e. The fraction of sp³-hybridized carbons (Fsp3) is 0.250. The van der Waals surface area contributed by atoms with E-state index in [9.17, 15) is 10.1 Å². The van der Waals surface area contributed by atoms with Crippen LogP contribution >= 0.6 is 11.6 Å². The first-order chi connectivity index (χ1) is 6.66. The Morgan fingerprint density at radius 1 is 1.50 bits per heavy atom. The lowest BCUT2D eigenvalue weighted by Gasteiger charge is -2.00. The minimum absolute atomic E-state index is 0.108. The van der Waals surface area contributed by atoms with Crippen molar-refractivity contribution in [3.63, 3.8) is 0 Å². The molecule has 14 heavy (non-hydrogen) atoms. The zero-order valence-corrected chi connectivity index (χ0v) is 7.78. The second-order valence-electron chi connectivity index (χ2n) is 2.80. The lowest BCUT2D eigenvalue weighted by atomic mass is 10.2. The molecule has 5 nitrogen and oxygen atoms in total. The van der Waals surface area contributed by atoms with E-state index in [2.05, 4.69) is 0 Å². The summed E-state index contributed by atoms with van der Waals surface area (Å²) in [5.41, 5.74) is 0.504. The Bertz CT molecular complexity index is 393. The van der Waals surface area contributed by atoms with Gasteiger partial charge in [-0.2, -0.15) is 0 Å². The Kier molecular flexibility index (Phi) is 2.17. The van der Waals surface area contributed by atoms with E-state index in [1.54, 1.807) is 6.07 Å². The van der Waals surface area contributed by atoms with E-state index < -0.39 is 4.92 Å². The van der Waals surface area contributed by atoms with Gasteiger partial charge in [-0.25, -0.2) is 0 Å². The van der Waals surface area contributed by atoms with Crippen molar-refractivity contribution in [3.8, 4) is 11.5 Å². The highest BCUT2D eigenvalue weighted by Crippen LogP contribution is 2.39. The van der Waals surface area contributed by atoms with E-state index in [0.29, 0.717) is 22.1 Å². The largest absolute Gasteiger partial charge is 0.454 e. The fourth-order valence-electron chi connectivity index (χ4n) is 1.26. The lowest BCUT2D eigenvalue weighted by Crippen LogP contribution is -1.97. The standard InChI is InChI=1S/C8H6ClNO4/c9-6-1-5(3-10(11)12)2-7-8(6)14-4-13-7/h1-2H,3-4H2. The number of rotatable bonds is 2. The number of halogens is 1. The molecule has 1 aliphatic rings. The predicted octanol–water partition coefficient (Wildman–Crippen LogP) is 1.85. The van der Waals surface area contributed by atoms with Crippen LogP contribution in [0.1, 0.15) is 5.56 Å². The van der Waals surface area contributed by atoms with Crippen LogP contribution in [0.4, 0.5) is 0 Å².